The van der Waals surface area contributed by atoms with E-state index in [0.29, 0.717) is 18.6 Å². The zero-order valence-electron chi connectivity index (χ0n) is 20.7. The summed E-state index contributed by atoms with van der Waals surface area (Å²) in [6, 6.07) is 6.00. The molecule has 0 bridgehead atoms. The molecule has 1 unspecified atom stereocenters. The molecule has 0 radical (unpaired) electrons. The zero-order valence-corrected chi connectivity index (χ0v) is 20.7. The number of rotatable bonds is 8. The molecule has 1 aromatic carbocycles. The fourth-order valence-corrected chi connectivity index (χ4v) is 5.45. The number of benzene rings is 1. The minimum absolute atomic E-state index is 0.231. The Morgan fingerprint density at radius 3 is 2.51 bits per heavy atom. The molecule has 3 heterocycles. The first kappa shape index (κ1) is 24.2. The molecule has 1 saturated carbocycles. The molecule has 1 aliphatic carbocycles. The third-order valence-corrected chi connectivity index (χ3v) is 7.81. The van der Waals surface area contributed by atoms with E-state index in [9.17, 15) is 14.4 Å². The molecule has 2 N–H and O–H groups in total. The Morgan fingerprint density at radius 2 is 1.80 bits per heavy atom. The summed E-state index contributed by atoms with van der Waals surface area (Å²) >= 11 is 0. The minimum atomic E-state index is -0.652. The van der Waals surface area contributed by atoms with Gasteiger partial charge in [0.2, 0.25) is 11.8 Å². The lowest BCUT2D eigenvalue weighted by molar-refractivity contribution is -0.135. The van der Waals surface area contributed by atoms with Crippen LogP contribution in [-0.2, 0) is 27.9 Å². The highest BCUT2D eigenvalue weighted by Crippen LogP contribution is 2.25. The number of hydrogen-bond donors (Lipinski definition) is 2. The molecule has 1 atom stereocenters. The Balaban J connectivity index is 1.16. The normalized spacial score (nSPS) is 26.2. The molecule has 2 aliphatic heterocycles. The van der Waals surface area contributed by atoms with Crippen molar-refractivity contribution in [3.63, 3.8) is 0 Å². The minimum Gasteiger partial charge on any atom is -0.377 e. The third kappa shape index (κ3) is 5.06. The summed E-state index contributed by atoms with van der Waals surface area (Å²) in [6.07, 6.45) is 3.25. The van der Waals surface area contributed by atoms with Crippen molar-refractivity contribution in [2.24, 2.45) is 7.05 Å². The molecule has 3 fully saturated rings. The van der Waals surface area contributed by atoms with Crippen molar-refractivity contribution in [3.05, 3.63) is 34.2 Å². The lowest BCUT2D eigenvalue weighted by Gasteiger charge is -2.37. The van der Waals surface area contributed by atoms with Crippen LogP contribution in [0.2, 0.25) is 0 Å². The van der Waals surface area contributed by atoms with Crippen molar-refractivity contribution in [1.82, 2.24) is 29.6 Å². The number of nitrogens with one attached hydrogen (secondary N) is 2. The van der Waals surface area contributed by atoms with Gasteiger partial charge in [-0.05, 0) is 44.0 Å². The lowest BCUT2D eigenvalue weighted by Crippen LogP contribution is -2.48. The number of carbonyl (C=O) groups is 2. The second-order valence-corrected chi connectivity index (χ2v) is 10.1. The van der Waals surface area contributed by atoms with Crippen LogP contribution in [0.15, 0.2) is 23.0 Å². The summed E-state index contributed by atoms with van der Waals surface area (Å²) < 4.78 is 9.12. The Bertz CT molecular complexity index is 1140. The standard InChI is InChI=1S/C25H36N6O4/c1-26-18-14-19(15-18)35-12-11-29-7-9-30(10-8-29)16-17-3-4-20-22(13-17)28(2)25(34)31(20)21-5-6-23(32)27-24(21)33/h3-4,13,18-19,21,26H,5-12,14-16H2,1-2H3,(H,27,32,33). The van der Waals surface area contributed by atoms with Crippen LogP contribution >= 0.6 is 0 Å². The smallest absolute Gasteiger partial charge is 0.329 e. The monoisotopic (exact) mass is 484 g/mol. The molecule has 35 heavy (non-hydrogen) atoms. The average Bonchev–Trinajstić information content (AvgIpc) is 3.06. The van der Waals surface area contributed by atoms with Gasteiger partial charge in [0.25, 0.3) is 0 Å². The first-order valence-electron chi connectivity index (χ1n) is 12.7. The van der Waals surface area contributed by atoms with Gasteiger partial charge in [-0.15, -0.1) is 0 Å². The summed E-state index contributed by atoms with van der Waals surface area (Å²) in [5.41, 5.74) is 2.46. The number of imide groups is 1. The highest BCUT2D eigenvalue weighted by atomic mass is 16.5. The molecule has 1 aromatic heterocycles. The van der Waals surface area contributed by atoms with Gasteiger partial charge >= 0.3 is 5.69 Å². The first-order chi connectivity index (χ1) is 16.9. The molecule has 2 amide bonds. The van der Waals surface area contributed by atoms with Gasteiger partial charge < -0.3 is 10.1 Å². The highest BCUT2D eigenvalue weighted by Gasteiger charge is 2.31. The predicted molar refractivity (Wildman–Crippen MR) is 132 cm³/mol. The molecular weight excluding hydrogens is 448 g/mol. The van der Waals surface area contributed by atoms with Crippen molar-refractivity contribution >= 4 is 22.8 Å². The van der Waals surface area contributed by atoms with Crippen LogP contribution in [0.3, 0.4) is 0 Å². The molecule has 190 valence electrons. The summed E-state index contributed by atoms with van der Waals surface area (Å²) in [5, 5.41) is 5.65. The number of aryl methyl sites for hydroxylation is 1. The van der Waals surface area contributed by atoms with Crippen molar-refractivity contribution in [1.29, 1.82) is 0 Å². The van der Waals surface area contributed by atoms with Crippen molar-refractivity contribution in [2.45, 2.75) is 50.4 Å². The topological polar surface area (TPSA) is 101 Å². The van der Waals surface area contributed by atoms with Gasteiger partial charge in [-0.25, -0.2) is 4.79 Å². The Hall–Kier alpha value is -2.53. The van der Waals surface area contributed by atoms with E-state index in [-0.39, 0.29) is 18.0 Å². The van der Waals surface area contributed by atoms with Crippen molar-refractivity contribution in [2.75, 3.05) is 46.4 Å². The van der Waals surface area contributed by atoms with Crippen LogP contribution in [0.25, 0.3) is 11.0 Å². The van der Waals surface area contributed by atoms with E-state index in [1.165, 1.54) is 4.57 Å². The Kier molecular flexibility index (Phi) is 7.06. The summed E-state index contributed by atoms with van der Waals surface area (Å²) in [4.78, 5) is 41.8. The SMILES string of the molecule is CNC1CC(OCCN2CCN(Cc3ccc4c(c3)n(C)c(=O)n4C3CCC(=O)NC3=O)CC2)C1. The van der Waals surface area contributed by atoms with Gasteiger partial charge in [0.1, 0.15) is 6.04 Å². The zero-order chi connectivity index (χ0) is 24.5. The molecule has 3 aliphatic rings. The second kappa shape index (κ2) is 10.2. The quantitative estimate of drug-likeness (QED) is 0.517. The fraction of sp³-hybridized carbons (Fsp3) is 0.640. The van der Waals surface area contributed by atoms with Gasteiger partial charge in [0, 0.05) is 58.8 Å². The largest absolute Gasteiger partial charge is 0.377 e. The lowest BCUT2D eigenvalue weighted by atomic mass is 9.89. The maximum Gasteiger partial charge on any atom is 0.329 e. The van der Waals surface area contributed by atoms with E-state index in [0.717, 1.165) is 75.3 Å². The number of fused-ring (bicyclic) bond motifs is 1. The van der Waals surface area contributed by atoms with Crippen LogP contribution in [0.4, 0.5) is 0 Å². The van der Waals surface area contributed by atoms with Gasteiger partial charge in [0.15, 0.2) is 0 Å². The highest BCUT2D eigenvalue weighted by molar-refractivity contribution is 6.00. The molecule has 2 aromatic rings. The average molecular weight is 485 g/mol. The molecule has 10 nitrogen and oxygen atoms in total. The molecular formula is C25H36N6O4. The number of ether oxygens (including phenoxy) is 1. The van der Waals surface area contributed by atoms with Crippen LogP contribution < -0.4 is 16.3 Å². The van der Waals surface area contributed by atoms with E-state index >= 15 is 0 Å². The summed E-state index contributed by atoms with van der Waals surface area (Å²) in [6.45, 7) is 6.66. The Labute approximate surface area is 205 Å². The number of piperidine rings is 1. The maximum atomic E-state index is 13.0. The van der Waals surface area contributed by atoms with Crippen LogP contribution in [0.1, 0.15) is 37.3 Å². The van der Waals surface area contributed by atoms with Crippen molar-refractivity contribution < 1.29 is 14.3 Å². The van der Waals surface area contributed by atoms with Gasteiger partial charge in [-0.2, -0.15) is 0 Å². The fourth-order valence-electron chi connectivity index (χ4n) is 5.45. The van der Waals surface area contributed by atoms with E-state index in [2.05, 4.69) is 26.5 Å². The van der Waals surface area contributed by atoms with E-state index in [4.69, 9.17) is 4.74 Å². The second-order valence-electron chi connectivity index (χ2n) is 10.1. The van der Waals surface area contributed by atoms with Crippen LogP contribution in [0.5, 0.6) is 0 Å². The third-order valence-electron chi connectivity index (χ3n) is 7.81. The number of hydrogen-bond acceptors (Lipinski definition) is 7. The first-order valence-corrected chi connectivity index (χ1v) is 12.7. The molecule has 2 saturated heterocycles. The number of nitrogens with zero attached hydrogens (tertiary/aromatic N) is 4. The number of piperazine rings is 1. The Morgan fingerprint density at radius 1 is 1.06 bits per heavy atom. The van der Waals surface area contributed by atoms with Crippen LogP contribution in [0, 0.1) is 0 Å². The van der Waals surface area contributed by atoms with Gasteiger partial charge in [0.05, 0.1) is 23.7 Å². The number of carbonyl (C=O) groups excluding carboxylic acids is 2. The van der Waals surface area contributed by atoms with Gasteiger partial charge in [-0.3, -0.25) is 33.8 Å². The maximum absolute atomic E-state index is 13.0. The number of imidazole rings is 1. The van der Waals surface area contributed by atoms with Crippen molar-refractivity contribution in [3.8, 4) is 0 Å². The van der Waals surface area contributed by atoms with E-state index in [1.54, 1.807) is 11.6 Å². The van der Waals surface area contributed by atoms with Crippen LogP contribution in [-0.4, -0.2) is 89.3 Å². The summed E-state index contributed by atoms with van der Waals surface area (Å²) in [5.74, 6) is -0.687. The van der Waals surface area contributed by atoms with E-state index in [1.807, 2.05) is 19.2 Å². The number of amides is 2. The van der Waals surface area contributed by atoms with Gasteiger partial charge in [-0.1, -0.05) is 6.07 Å². The van der Waals surface area contributed by atoms with E-state index < -0.39 is 11.9 Å². The number of aromatic nitrogens is 2. The molecule has 0 spiro atoms. The summed E-state index contributed by atoms with van der Waals surface area (Å²) in [7, 11) is 3.75. The predicted octanol–water partition coefficient (Wildman–Crippen LogP) is 0.202. The molecule has 10 heteroatoms. The molecule has 5 rings (SSSR count).